The second kappa shape index (κ2) is 8.02. The number of aromatic nitrogens is 1. The summed E-state index contributed by atoms with van der Waals surface area (Å²) < 4.78 is 14.7. The molecule has 3 nitrogen and oxygen atoms in total. The quantitative estimate of drug-likeness (QED) is 0.702. The van der Waals surface area contributed by atoms with Crippen LogP contribution >= 0.6 is 11.3 Å². The molecule has 1 aromatic heterocycles. The number of aryl methyl sites for hydroxylation is 1. The first-order valence-corrected chi connectivity index (χ1v) is 8.88. The molecule has 1 amide bonds. The van der Waals surface area contributed by atoms with Crippen molar-refractivity contribution in [2.24, 2.45) is 0 Å². The van der Waals surface area contributed by atoms with Crippen molar-refractivity contribution in [3.8, 4) is 0 Å². The highest BCUT2D eigenvalue weighted by atomic mass is 32.1. The number of nitrogens with zero attached hydrogens (tertiary/aromatic N) is 1. The number of carbonyl (C=O) groups excluding carboxylic acids is 1. The summed E-state index contributed by atoms with van der Waals surface area (Å²) in [5, 5.41) is 3.91. The maximum absolute atomic E-state index is 13.5. The molecule has 2 aromatic carbocycles. The van der Waals surface area contributed by atoms with E-state index in [1.807, 2.05) is 18.2 Å². The minimum Gasteiger partial charge on any atom is -0.356 e. The summed E-state index contributed by atoms with van der Waals surface area (Å²) in [5.41, 5.74) is 1.65. The van der Waals surface area contributed by atoms with E-state index in [9.17, 15) is 9.18 Å². The normalized spacial score (nSPS) is 10.9. The van der Waals surface area contributed by atoms with Gasteiger partial charge in [-0.05, 0) is 43.0 Å². The summed E-state index contributed by atoms with van der Waals surface area (Å²) >= 11 is 1.68. The van der Waals surface area contributed by atoms with Crippen LogP contribution in [0.5, 0.6) is 0 Å². The van der Waals surface area contributed by atoms with Gasteiger partial charge in [-0.3, -0.25) is 4.79 Å². The van der Waals surface area contributed by atoms with Crippen molar-refractivity contribution in [1.29, 1.82) is 0 Å². The lowest BCUT2D eigenvalue weighted by molar-refractivity contribution is -0.121. The number of amides is 1. The van der Waals surface area contributed by atoms with Gasteiger partial charge in [0.1, 0.15) is 5.82 Å². The van der Waals surface area contributed by atoms with E-state index < -0.39 is 0 Å². The summed E-state index contributed by atoms with van der Waals surface area (Å²) in [6.07, 6.45) is 2.55. The second-order valence-electron chi connectivity index (χ2n) is 5.62. The molecule has 24 heavy (non-hydrogen) atoms. The molecule has 0 aliphatic carbocycles. The number of halogens is 1. The van der Waals surface area contributed by atoms with Gasteiger partial charge in [0, 0.05) is 13.0 Å². The predicted octanol–water partition coefficient (Wildman–Crippen LogP) is 4.12. The molecule has 124 valence electrons. The predicted molar refractivity (Wildman–Crippen MR) is 95.7 cm³/mol. The van der Waals surface area contributed by atoms with Crippen LogP contribution in [0.25, 0.3) is 10.2 Å². The lowest BCUT2D eigenvalue weighted by atomic mass is 10.1. The molecule has 0 radical (unpaired) electrons. The van der Waals surface area contributed by atoms with E-state index in [0.29, 0.717) is 24.9 Å². The number of carbonyl (C=O) groups is 1. The average Bonchev–Trinajstić information content (AvgIpc) is 2.99. The van der Waals surface area contributed by atoms with Crippen LogP contribution in [0.3, 0.4) is 0 Å². The van der Waals surface area contributed by atoms with Crippen molar-refractivity contribution in [3.05, 3.63) is 64.9 Å². The number of benzene rings is 2. The zero-order chi connectivity index (χ0) is 16.8. The Morgan fingerprint density at radius 1 is 1.08 bits per heavy atom. The van der Waals surface area contributed by atoms with E-state index in [0.717, 1.165) is 23.4 Å². The zero-order valence-electron chi connectivity index (χ0n) is 13.3. The first-order chi connectivity index (χ1) is 11.7. The molecule has 0 atom stereocenters. The van der Waals surface area contributed by atoms with Gasteiger partial charge in [-0.2, -0.15) is 0 Å². The van der Waals surface area contributed by atoms with Crippen LogP contribution in [0.1, 0.15) is 23.4 Å². The summed E-state index contributed by atoms with van der Waals surface area (Å²) in [4.78, 5) is 16.4. The Balaban J connectivity index is 1.39. The first-order valence-electron chi connectivity index (χ1n) is 8.07. The Labute approximate surface area is 144 Å². The third kappa shape index (κ3) is 4.38. The highest BCUT2D eigenvalue weighted by Crippen LogP contribution is 2.22. The Hall–Kier alpha value is -2.27. The van der Waals surface area contributed by atoms with Crippen LogP contribution in [0.4, 0.5) is 4.39 Å². The summed E-state index contributed by atoms with van der Waals surface area (Å²) in [6, 6.07) is 14.7. The highest BCUT2D eigenvalue weighted by Gasteiger charge is 2.06. The molecule has 1 heterocycles. The van der Waals surface area contributed by atoms with Gasteiger partial charge in [0.15, 0.2) is 0 Å². The summed E-state index contributed by atoms with van der Waals surface area (Å²) in [6.45, 7) is 0.459. The van der Waals surface area contributed by atoms with Gasteiger partial charge in [0.2, 0.25) is 5.91 Å². The van der Waals surface area contributed by atoms with Gasteiger partial charge in [0.05, 0.1) is 15.2 Å². The third-order valence-electron chi connectivity index (χ3n) is 3.81. The number of thiazole rings is 1. The van der Waals surface area contributed by atoms with Crippen molar-refractivity contribution in [3.63, 3.8) is 0 Å². The number of hydrogen-bond donors (Lipinski definition) is 1. The molecule has 5 heteroatoms. The topological polar surface area (TPSA) is 42.0 Å². The van der Waals surface area contributed by atoms with Crippen LogP contribution in [-0.2, 0) is 17.6 Å². The van der Waals surface area contributed by atoms with E-state index in [4.69, 9.17) is 0 Å². The number of fused-ring (bicyclic) bond motifs is 1. The van der Waals surface area contributed by atoms with Crippen molar-refractivity contribution in [2.45, 2.75) is 25.7 Å². The Morgan fingerprint density at radius 3 is 2.71 bits per heavy atom. The van der Waals surface area contributed by atoms with Gasteiger partial charge in [0.25, 0.3) is 0 Å². The van der Waals surface area contributed by atoms with Crippen molar-refractivity contribution >= 4 is 27.5 Å². The van der Waals surface area contributed by atoms with Gasteiger partial charge in [-0.25, -0.2) is 9.37 Å². The Bertz CT molecular complexity index is 798. The fourth-order valence-corrected chi connectivity index (χ4v) is 3.56. The number of rotatable bonds is 7. The molecule has 0 unspecified atom stereocenters. The lowest BCUT2D eigenvalue weighted by Gasteiger charge is -2.05. The SMILES string of the molecule is O=C(CCCc1nc2ccccc2s1)NCCc1ccccc1F. The van der Waals surface area contributed by atoms with Crippen molar-refractivity contribution in [2.75, 3.05) is 6.54 Å². The van der Waals surface area contributed by atoms with E-state index in [-0.39, 0.29) is 11.7 Å². The van der Waals surface area contributed by atoms with Crippen LogP contribution in [0.2, 0.25) is 0 Å². The van der Waals surface area contributed by atoms with Crippen molar-refractivity contribution in [1.82, 2.24) is 10.3 Å². The fraction of sp³-hybridized carbons (Fsp3) is 0.263. The maximum atomic E-state index is 13.5. The summed E-state index contributed by atoms with van der Waals surface area (Å²) in [5.74, 6) is -0.213. The van der Waals surface area contributed by atoms with E-state index >= 15 is 0 Å². The Morgan fingerprint density at radius 2 is 1.88 bits per heavy atom. The molecular formula is C19H19FN2OS. The molecule has 1 N–H and O–H groups in total. The molecule has 0 aliphatic heterocycles. The van der Waals surface area contributed by atoms with E-state index in [2.05, 4.69) is 16.4 Å². The minimum atomic E-state index is -0.220. The third-order valence-corrected chi connectivity index (χ3v) is 4.90. The molecule has 0 saturated heterocycles. The molecule has 0 bridgehead atoms. The molecule has 0 spiro atoms. The second-order valence-corrected chi connectivity index (χ2v) is 6.74. The van der Waals surface area contributed by atoms with Crippen LogP contribution < -0.4 is 5.32 Å². The largest absolute Gasteiger partial charge is 0.356 e. The number of hydrogen-bond acceptors (Lipinski definition) is 3. The monoisotopic (exact) mass is 342 g/mol. The molecule has 3 rings (SSSR count). The fourth-order valence-electron chi connectivity index (χ4n) is 2.55. The first kappa shape index (κ1) is 16.6. The van der Waals surface area contributed by atoms with Crippen LogP contribution in [0, 0.1) is 5.82 Å². The zero-order valence-corrected chi connectivity index (χ0v) is 14.1. The van der Waals surface area contributed by atoms with E-state index in [1.54, 1.807) is 29.5 Å². The van der Waals surface area contributed by atoms with E-state index in [1.165, 1.54) is 10.8 Å². The van der Waals surface area contributed by atoms with Crippen LogP contribution in [0.15, 0.2) is 48.5 Å². The standard InChI is InChI=1S/C19H19FN2OS/c20-15-7-2-1-6-14(15)12-13-21-18(23)10-5-11-19-22-16-8-3-4-9-17(16)24-19/h1-4,6-9H,5,10-13H2,(H,21,23). The molecule has 0 aliphatic rings. The van der Waals surface area contributed by atoms with Gasteiger partial charge < -0.3 is 5.32 Å². The van der Waals surface area contributed by atoms with Crippen molar-refractivity contribution < 1.29 is 9.18 Å². The molecular weight excluding hydrogens is 323 g/mol. The summed E-state index contributed by atoms with van der Waals surface area (Å²) in [7, 11) is 0. The molecule has 3 aromatic rings. The Kier molecular flexibility index (Phi) is 5.54. The van der Waals surface area contributed by atoms with Crippen LogP contribution in [-0.4, -0.2) is 17.4 Å². The average molecular weight is 342 g/mol. The number of para-hydroxylation sites is 1. The smallest absolute Gasteiger partial charge is 0.220 e. The van der Waals surface area contributed by atoms with Gasteiger partial charge in [-0.1, -0.05) is 30.3 Å². The number of nitrogens with one attached hydrogen (secondary N) is 1. The van der Waals surface area contributed by atoms with Gasteiger partial charge >= 0.3 is 0 Å². The highest BCUT2D eigenvalue weighted by molar-refractivity contribution is 7.18. The minimum absolute atomic E-state index is 0.00690. The maximum Gasteiger partial charge on any atom is 0.220 e. The molecule has 0 fully saturated rings. The molecule has 0 saturated carbocycles. The van der Waals surface area contributed by atoms with Gasteiger partial charge in [-0.15, -0.1) is 11.3 Å². The lowest BCUT2D eigenvalue weighted by Crippen LogP contribution is -2.25.